The molecule has 27 heavy (non-hydrogen) atoms. The summed E-state index contributed by atoms with van der Waals surface area (Å²) >= 11 is 5.88. The van der Waals surface area contributed by atoms with Crippen LogP contribution in [0.25, 0.3) is 0 Å². The van der Waals surface area contributed by atoms with Gasteiger partial charge < -0.3 is 15.7 Å². The van der Waals surface area contributed by atoms with Gasteiger partial charge in [0, 0.05) is 5.69 Å². The molecule has 1 saturated heterocycles. The Morgan fingerprint density at radius 1 is 1.15 bits per heavy atom. The first-order chi connectivity index (χ1) is 13.0. The zero-order valence-electron chi connectivity index (χ0n) is 15.6. The molecule has 0 spiro atoms. The number of nitrogens with one attached hydrogen (secondary N) is 2. The van der Waals surface area contributed by atoms with Gasteiger partial charge in [-0.05, 0) is 55.6 Å². The Morgan fingerprint density at radius 3 is 2.37 bits per heavy atom. The number of rotatable bonds is 3. The Balaban J connectivity index is 0.000000193. The second-order valence-electron chi connectivity index (χ2n) is 7.30. The molecular formula is C22H27ClN2O2. The highest BCUT2D eigenvalue weighted by molar-refractivity contribution is 6.22. The van der Waals surface area contributed by atoms with Gasteiger partial charge in [-0.25, -0.2) is 0 Å². The second kappa shape index (κ2) is 8.87. The average Bonchev–Trinajstić information content (AvgIpc) is 2.68. The summed E-state index contributed by atoms with van der Waals surface area (Å²) in [5, 5.41) is 16.8. The van der Waals surface area contributed by atoms with Crippen LogP contribution in [0.4, 0.5) is 5.69 Å². The topological polar surface area (TPSA) is 61.4 Å². The highest BCUT2D eigenvalue weighted by Gasteiger charge is 2.39. The van der Waals surface area contributed by atoms with Gasteiger partial charge in [0.1, 0.15) is 0 Å². The number of hydrogen-bond donors (Lipinski definition) is 3. The largest absolute Gasteiger partial charge is 0.389 e. The molecule has 1 aliphatic heterocycles. The van der Waals surface area contributed by atoms with E-state index in [0.29, 0.717) is 18.2 Å². The second-order valence-corrected chi connectivity index (χ2v) is 7.83. The van der Waals surface area contributed by atoms with Crippen molar-refractivity contribution in [2.24, 2.45) is 5.92 Å². The van der Waals surface area contributed by atoms with Gasteiger partial charge >= 0.3 is 0 Å². The van der Waals surface area contributed by atoms with E-state index in [0.717, 1.165) is 25.2 Å². The number of fused-ring (bicyclic) bond motifs is 1. The number of hydrogen-bond acceptors (Lipinski definition) is 3. The monoisotopic (exact) mass is 386 g/mol. The van der Waals surface area contributed by atoms with Gasteiger partial charge in [-0.2, -0.15) is 0 Å². The van der Waals surface area contributed by atoms with Crippen LogP contribution in [0.2, 0.25) is 0 Å². The Hall–Kier alpha value is -1.88. The highest BCUT2D eigenvalue weighted by atomic mass is 35.5. The van der Waals surface area contributed by atoms with Gasteiger partial charge in [0.15, 0.2) is 0 Å². The van der Waals surface area contributed by atoms with E-state index in [1.807, 2.05) is 36.4 Å². The highest BCUT2D eigenvalue weighted by Crippen LogP contribution is 2.37. The van der Waals surface area contributed by atoms with Crippen molar-refractivity contribution >= 4 is 23.2 Å². The number of alkyl halides is 1. The molecule has 3 N–H and O–H groups in total. The van der Waals surface area contributed by atoms with Gasteiger partial charge in [-0.15, -0.1) is 11.6 Å². The third-order valence-electron chi connectivity index (χ3n) is 5.50. The number of amides is 1. The first-order valence-electron chi connectivity index (χ1n) is 9.50. The summed E-state index contributed by atoms with van der Waals surface area (Å²) in [6, 6.07) is 17.7. The zero-order valence-corrected chi connectivity index (χ0v) is 16.4. The lowest BCUT2D eigenvalue weighted by atomic mass is 9.80. The van der Waals surface area contributed by atoms with Crippen molar-refractivity contribution in [2.75, 3.05) is 18.4 Å². The van der Waals surface area contributed by atoms with Crippen LogP contribution < -0.4 is 10.6 Å². The fourth-order valence-corrected chi connectivity index (χ4v) is 3.89. The molecule has 0 bridgehead atoms. The van der Waals surface area contributed by atoms with Crippen LogP contribution in [-0.2, 0) is 11.2 Å². The predicted molar refractivity (Wildman–Crippen MR) is 110 cm³/mol. The van der Waals surface area contributed by atoms with Crippen LogP contribution in [0.3, 0.4) is 0 Å². The molecule has 144 valence electrons. The number of benzene rings is 2. The third-order valence-corrected chi connectivity index (χ3v) is 5.89. The molecule has 2 unspecified atom stereocenters. The maximum atomic E-state index is 12.1. The molecule has 2 aromatic carbocycles. The number of halogens is 1. The number of carbonyl (C=O) groups is 1. The minimum atomic E-state index is -0.885. The van der Waals surface area contributed by atoms with E-state index in [9.17, 15) is 9.90 Å². The molecule has 2 aliphatic rings. The minimum absolute atomic E-state index is 0.120. The molecule has 0 aromatic heterocycles. The average molecular weight is 387 g/mol. The number of aliphatic hydroxyl groups is 1. The summed E-state index contributed by atoms with van der Waals surface area (Å²) in [5.41, 5.74) is 2.62. The lowest BCUT2D eigenvalue weighted by Crippen LogP contribution is -2.50. The molecule has 0 radical (unpaired) electrons. The van der Waals surface area contributed by atoms with Crippen LogP contribution >= 0.6 is 11.6 Å². The maximum absolute atomic E-state index is 12.1. The third kappa shape index (κ3) is 4.89. The first-order valence-corrected chi connectivity index (χ1v) is 9.94. The molecule has 0 saturated carbocycles. The number of piperidine rings is 1. The molecule has 4 nitrogen and oxygen atoms in total. The predicted octanol–water partition coefficient (Wildman–Crippen LogP) is 3.90. The lowest BCUT2D eigenvalue weighted by molar-refractivity contribution is -0.130. The van der Waals surface area contributed by atoms with E-state index in [4.69, 9.17) is 11.6 Å². The molecule has 2 atom stereocenters. The van der Waals surface area contributed by atoms with Crippen molar-refractivity contribution in [3.63, 3.8) is 0 Å². The number of para-hydroxylation sites is 1. The van der Waals surface area contributed by atoms with Crippen molar-refractivity contribution in [1.29, 1.82) is 0 Å². The quantitative estimate of drug-likeness (QED) is 0.701. The van der Waals surface area contributed by atoms with Gasteiger partial charge in [0.05, 0.1) is 16.9 Å². The van der Waals surface area contributed by atoms with Crippen LogP contribution in [0.15, 0.2) is 54.6 Å². The van der Waals surface area contributed by atoms with E-state index in [-0.39, 0.29) is 5.91 Å². The van der Waals surface area contributed by atoms with Crippen molar-refractivity contribution in [3.05, 3.63) is 65.7 Å². The SMILES string of the molecule is CC(C(=O)Nc1ccccc1)C1(O)CCNCC1.ClC1Cc2ccccc21. The standard InChI is InChI=1S/C14H20N2O2.C8H7Cl/c1-11(14(18)7-9-15-10-8-14)13(17)16-12-5-3-2-4-6-12;9-8-5-6-3-1-2-4-7(6)8/h2-6,11,15,18H,7-10H2,1H3,(H,16,17);1-4,8H,5H2. The molecule has 1 heterocycles. The van der Waals surface area contributed by atoms with E-state index < -0.39 is 11.5 Å². The van der Waals surface area contributed by atoms with Crippen LogP contribution in [0, 0.1) is 5.92 Å². The summed E-state index contributed by atoms with van der Waals surface area (Å²) in [7, 11) is 0. The van der Waals surface area contributed by atoms with Gasteiger partial charge in [-0.3, -0.25) is 4.79 Å². The Morgan fingerprint density at radius 2 is 1.78 bits per heavy atom. The summed E-state index contributed by atoms with van der Waals surface area (Å²) in [5.74, 6) is -0.523. The molecule has 5 heteroatoms. The van der Waals surface area contributed by atoms with Gasteiger partial charge in [0.2, 0.25) is 5.91 Å². The fraction of sp³-hybridized carbons (Fsp3) is 0.409. The Labute approximate surface area is 165 Å². The molecule has 1 amide bonds. The van der Waals surface area contributed by atoms with Crippen LogP contribution in [-0.4, -0.2) is 29.7 Å². The van der Waals surface area contributed by atoms with E-state index in [1.54, 1.807) is 6.92 Å². The minimum Gasteiger partial charge on any atom is -0.389 e. The van der Waals surface area contributed by atoms with Crippen LogP contribution in [0.5, 0.6) is 0 Å². The molecule has 2 aromatic rings. The number of carbonyl (C=O) groups excluding carboxylic acids is 1. The zero-order chi connectivity index (χ0) is 19.3. The normalized spacial score (nSPS) is 20.9. The summed E-state index contributed by atoms with van der Waals surface area (Å²) in [6.45, 7) is 3.32. The van der Waals surface area contributed by atoms with Crippen molar-refractivity contribution in [1.82, 2.24) is 5.32 Å². The lowest BCUT2D eigenvalue weighted by Gasteiger charge is -2.36. The van der Waals surface area contributed by atoms with Crippen molar-refractivity contribution in [2.45, 2.75) is 37.2 Å². The van der Waals surface area contributed by atoms with Crippen LogP contribution in [0.1, 0.15) is 36.3 Å². The van der Waals surface area contributed by atoms with Crippen molar-refractivity contribution < 1.29 is 9.90 Å². The van der Waals surface area contributed by atoms with Gasteiger partial charge in [-0.1, -0.05) is 49.4 Å². The summed E-state index contributed by atoms with van der Waals surface area (Å²) < 4.78 is 0. The first kappa shape index (κ1) is 19.9. The molecule has 4 rings (SSSR count). The molecular weight excluding hydrogens is 360 g/mol. The molecule has 1 aliphatic carbocycles. The van der Waals surface area contributed by atoms with Gasteiger partial charge in [0.25, 0.3) is 0 Å². The number of anilines is 1. The van der Waals surface area contributed by atoms with Crippen molar-refractivity contribution in [3.8, 4) is 0 Å². The fourth-order valence-electron chi connectivity index (χ4n) is 3.51. The van der Waals surface area contributed by atoms with E-state index in [2.05, 4.69) is 28.8 Å². The smallest absolute Gasteiger partial charge is 0.230 e. The Bertz CT molecular complexity index is 760. The Kier molecular flexibility index (Phi) is 6.53. The molecule has 1 fully saturated rings. The summed E-state index contributed by atoms with van der Waals surface area (Å²) in [4.78, 5) is 12.1. The van der Waals surface area contributed by atoms with E-state index in [1.165, 1.54) is 11.1 Å². The maximum Gasteiger partial charge on any atom is 0.230 e. The summed E-state index contributed by atoms with van der Waals surface area (Å²) in [6.07, 6.45) is 2.30. The van der Waals surface area contributed by atoms with E-state index >= 15 is 0 Å².